The first-order valence-electron chi connectivity index (χ1n) is 9.38. The van der Waals surface area contributed by atoms with Crippen molar-refractivity contribution < 1.29 is 9.59 Å². The summed E-state index contributed by atoms with van der Waals surface area (Å²) in [5.74, 6) is 1.03. The van der Waals surface area contributed by atoms with Crippen LogP contribution in [0, 0.1) is 5.92 Å². The van der Waals surface area contributed by atoms with Crippen LogP contribution in [0.4, 0.5) is 0 Å². The van der Waals surface area contributed by atoms with Crippen molar-refractivity contribution in [2.45, 2.75) is 64.8 Å². The van der Waals surface area contributed by atoms with Gasteiger partial charge in [0, 0.05) is 38.6 Å². The Labute approximate surface area is 140 Å². The van der Waals surface area contributed by atoms with E-state index < -0.39 is 0 Å². The molecule has 23 heavy (non-hydrogen) atoms. The molecule has 0 radical (unpaired) electrons. The van der Waals surface area contributed by atoms with Crippen LogP contribution in [-0.4, -0.2) is 60.4 Å². The van der Waals surface area contributed by atoms with Crippen molar-refractivity contribution in [3.8, 4) is 0 Å². The van der Waals surface area contributed by atoms with E-state index in [1.165, 1.54) is 32.1 Å². The molecule has 2 rings (SSSR count). The molecule has 0 spiro atoms. The van der Waals surface area contributed by atoms with Crippen LogP contribution < -0.4 is 5.32 Å². The van der Waals surface area contributed by atoms with Gasteiger partial charge in [0.05, 0.1) is 6.54 Å². The van der Waals surface area contributed by atoms with Gasteiger partial charge >= 0.3 is 0 Å². The van der Waals surface area contributed by atoms with E-state index in [0.717, 1.165) is 39.0 Å². The summed E-state index contributed by atoms with van der Waals surface area (Å²) in [6.07, 6.45) is 8.04. The van der Waals surface area contributed by atoms with E-state index in [9.17, 15) is 9.59 Å². The normalized spacial score (nSPS) is 21.9. The predicted molar refractivity (Wildman–Crippen MR) is 92.1 cm³/mol. The zero-order chi connectivity index (χ0) is 16.7. The Morgan fingerprint density at radius 2 is 1.74 bits per heavy atom. The summed E-state index contributed by atoms with van der Waals surface area (Å²) in [6, 6.07) is 0.237. The molecule has 1 atom stereocenters. The number of nitrogens with zero attached hydrogens (tertiary/aromatic N) is 2. The monoisotopic (exact) mass is 323 g/mol. The Morgan fingerprint density at radius 3 is 2.35 bits per heavy atom. The lowest BCUT2D eigenvalue weighted by molar-refractivity contribution is -0.134. The van der Waals surface area contributed by atoms with Gasteiger partial charge in [-0.1, -0.05) is 26.2 Å². The third kappa shape index (κ3) is 6.13. The van der Waals surface area contributed by atoms with Crippen LogP contribution in [0.1, 0.15) is 58.8 Å². The molecule has 1 aliphatic heterocycles. The van der Waals surface area contributed by atoms with Crippen molar-refractivity contribution >= 4 is 11.8 Å². The molecule has 132 valence electrons. The fraction of sp³-hybridized carbons (Fsp3) is 0.889. The molecule has 2 fully saturated rings. The topological polar surface area (TPSA) is 52.7 Å². The van der Waals surface area contributed by atoms with Crippen LogP contribution in [0.2, 0.25) is 0 Å². The molecule has 2 amide bonds. The lowest BCUT2D eigenvalue weighted by Crippen LogP contribution is -2.51. The number of hydrogen-bond acceptors (Lipinski definition) is 3. The van der Waals surface area contributed by atoms with E-state index >= 15 is 0 Å². The molecule has 0 aromatic rings. The summed E-state index contributed by atoms with van der Waals surface area (Å²) in [7, 11) is 0. The van der Waals surface area contributed by atoms with E-state index in [1.54, 1.807) is 0 Å². The van der Waals surface area contributed by atoms with Gasteiger partial charge in [0.1, 0.15) is 0 Å². The second-order valence-electron chi connectivity index (χ2n) is 7.24. The fourth-order valence-corrected chi connectivity index (χ4v) is 3.55. The number of carbonyl (C=O) groups excluding carboxylic acids is 2. The molecule has 0 aromatic carbocycles. The highest BCUT2D eigenvalue weighted by Crippen LogP contribution is 2.26. The minimum absolute atomic E-state index is 0.0985. The molecule has 0 bridgehead atoms. The molecule has 5 nitrogen and oxygen atoms in total. The Kier molecular flexibility index (Phi) is 7.34. The average molecular weight is 323 g/mol. The van der Waals surface area contributed by atoms with Crippen molar-refractivity contribution in [1.29, 1.82) is 0 Å². The maximum Gasteiger partial charge on any atom is 0.234 e. The van der Waals surface area contributed by atoms with Gasteiger partial charge in [0.2, 0.25) is 11.8 Å². The summed E-state index contributed by atoms with van der Waals surface area (Å²) in [5.41, 5.74) is 0. The van der Waals surface area contributed by atoms with Gasteiger partial charge in [-0.25, -0.2) is 0 Å². The van der Waals surface area contributed by atoms with Crippen molar-refractivity contribution in [2.75, 3.05) is 32.7 Å². The van der Waals surface area contributed by atoms with Gasteiger partial charge in [0.15, 0.2) is 0 Å². The van der Waals surface area contributed by atoms with Crippen LogP contribution in [0.3, 0.4) is 0 Å². The third-order valence-corrected chi connectivity index (χ3v) is 5.30. The molecule has 1 saturated heterocycles. The molecule has 1 aliphatic carbocycles. The lowest BCUT2D eigenvalue weighted by Gasteiger charge is -2.35. The zero-order valence-electron chi connectivity index (χ0n) is 14.9. The van der Waals surface area contributed by atoms with Crippen molar-refractivity contribution in [3.63, 3.8) is 0 Å². The number of hydrogen-bond donors (Lipinski definition) is 1. The van der Waals surface area contributed by atoms with Crippen molar-refractivity contribution in [3.05, 3.63) is 0 Å². The molecular formula is C18H33N3O2. The quantitative estimate of drug-likeness (QED) is 0.813. The number of nitrogens with one attached hydrogen (secondary N) is 1. The molecule has 0 aromatic heterocycles. The second-order valence-corrected chi connectivity index (χ2v) is 7.24. The first-order chi connectivity index (χ1) is 11.1. The Bertz CT molecular complexity index is 386. The largest absolute Gasteiger partial charge is 0.353 e. The molecule has 1 saturated carbocycles. The summed E-state index contributed by atoms with van der Waals surface area (Å²) < 4.78 is 0. The summed E-state index contributed by atoms with van der Waals surface area (Å²) in [4.78, 5) is 28.5. The second kappa shape index (κ2) is 9.26. The fourth-order valence-electron chi connectivity index (χ4n) is 3.55. The Hall–Kier alpha value is -1.10. The van der Waals surface area contributed by atoms with Gasteiger partial charge in [-0.15, -0.1) is 0 Å². The Morgan fingerprint density at radius 1 is 1.09 bits per heavy atom. The highest BCUT2D eigenvalue weighted by atomic mass is 16.2. The van der Waals surface area contributed by atoms with Crippen LogP contribution in [0.5, 0.6) is 0 Å². The minimum atomic E-state index is 0.0985. The van der Waals surface area contributed by atoms with Crippen LogP contribution in [0.25, 0.3) is 0 Å². The average Bonchev–Trinajstić information content (AvgIpc) is 2.56. The number of amides is 2. The SMILES string of the molecule is CCC(C)NC(=O)CN1CCN(C(=O)CC2CCCCC2)CC1. The van der Waals surface area contributed by atoms with E-state index in [1.807, 2.05) is 11.8 Å². The molecule has 1 heterocycles. The molecule has 1 unspecified atom stereocenters. The van der Waals surface area contributed by atoms with E-state index in [2.05, 4.69) is 17.1 Å². The number of piperazine rings is 1. The lowest BCUT2D eigenvalue weighted by atomic mass is 9.86. The molecule has 2 aliphatic rings. The van der Waals surface area contributed by atoms with Crippen LogP contribution in [-0.2, 0) is 9.59 Å². The first-order valence-corrected chi connectivity index (χ1v) is 9.38. The number of rotatable bonds is 6. The van der Waals surface area contributed by atoms with E-state index in [4.69, 9.17) is 0 Å². The number of carbonyl (C=O) groups is 2. The summed E-state index contributed by atoms with van der Waals surface area (Å²) in [5, 5.41) is 3.00. The highest BCUT2D eigenvalue weighted by molar-refractivity contribution is 5.78. The van der Waals surface area contributed by atoms with Crippen LogP contribution >= 0.6 is 0 Å². The van der Waals surface area contributed by atoms with Gasteiger partial charge in [-0.3, -0.25) is 14.5 Å². The smallest absolute Gasteiger partial charge is 0.234 e. The molecule has 5 heteroatoms. The molecule has 1 N–H and O–H groups in total. The highest BCUT2D eigenvalue weighted by Gasteiger charge is 2.25. The third-order valence-electron chi connectivity index (χ3n) is 5.30. The predicted octanol–water partition coefficient (Wildman–Crippen LogP) is 2.02. The van der Waals surface area contributed by atoms with E-state index in [-0.39, 0.29) is 11.9 Å². The summed E-state index contributed by atoms with van der Waals surface area (Å²) in [6.45, 7) is 7.70. The van der Waals surface area contributed by atoms with Gasteiger partial charge in [0.25, 0.3) is 0 Å². The van der Waals surface area contributed by atoms with Crippen LogP contribution in [0.15, 0.2) is 0 Å². The molecular weight excluding hydrogens is 290 g/mol. The van der Waals surface area contributed by atoms with Crippen molar-refractivity contribution in [2.24, 2.45) is 5.92 Å². The maximum absolute atomic E-state index is 12.4. The Balaban J connectivity index is 1.66. The maximum atomic E-state index is 12.4. The summed E-state index contributed by atoms with van der Waals surface area (Å²) >= 11 is 0. The van der Waals surface area contributed by atoms with Gasteiger partial charge in [-0.05, 0) is 32.1 Å². The first kappa shape index (κ1) is 18.2. The van der Waals surface area contributed by atoms with E-state index in [0.29, 0.717) is 18.4 Å². The zero-order valence-corrected chi connectivity index (χ0v) is 14.9. The van der Waals surface area contributed by atoms with Gasteiger partial charge in [-0.2, -0.15) is 0 Å². The minimum Gasteiger partial charge on any atom is -0.353 e. The van der Waals surface area contributed by atoms with Gasteiger partial charge < -0.3 is 10.2 Å². The standard InChI is InChI=1S/C18H33N3O2/c1-3-15(2)19-17(22)14-20-9-11-21(12-10-20)18(23)13-16-7-5-4-6-8-16/h15-16H,3-14H2,1-2H3,(H,19,22). The van der Waals surface area contributed by atoms with Crippen molar-refractivity contribution in [1.82, 2.24) is 15.1 Å².